The van der Waals surface area contributed by atoms with Crippen LogP contribution in [0.3, 0.4) is 0 Å². The van der Waals surface area contributed by atoms with Gasteiger partial charge in [-0.2, -0.15) is 0 Å². The molecule has 1 fully saturated rings. The summed E-state index contributed by atoms with van der Waals surface area (Å²) < 4.78 is 23.5. The van der Waals surface area contributed by atoms with E-state index >= 15 is 0 Å². The lowest BCUT2D eigenvalue weighted by Gasteiger charge is -2.19. The van der Waals surface area contributed by atoms with Crippen LogP contribution < -0.4 is 5.56 Å². The third-order valence-electron chi connectivity index (χ3n) is 4.83. The molecule has 0 spiro atoms. The smallest absolute Gasteiger partial charge is 0.259 e. The molecule has 6 nitrogen and oxygen atoms in total. The SMILES string of the molecule is Cc1sc2nc(CN3CCCC(S(C)(=O)=O)CC3)[nH]c(=O)c2c1C. The molecular formula is C16H23N3O3S2. The molecule has 2 aromatic rings. The number of aromatic nitrogens is 2. The number of aromatic amines is 1. The standard InChI is InChI=1S/C16H23N3O3S2/c1-10-11(2)23-16-14(10)15(20)17-13(18-16)9-19-7-4-5-12(6-8-19)24(3,21)22/h12H,4-9H2,1-3H3,(H,17,18,20). The molecule has 0 amide bonds. The van der Waals surface area contributed by atoms with E-state index in [1.165, 1.54) is 6.26 Å². The molecule has 1 saturated heterocycles. The van der Waals surface area contributed by atoms with Crippen LogP contribution in [0.1, 0.15) is 35.5 Å². The van der Waals surface area contributed by atoms with E-state index in [1.54, 1.807) is 11.3 Å². The Balaban J connectivity index is 1.79. The predicted octanol–water partition coefficient (Wildman–Crippen LogP) is 2.00. The summed E-state index contributed by atoms with van der Waals surface area (Å²) in [6.45, 7) is 6.04. The van der Waals surface area contributed by atoms with E-state index in [0.29, 0.717) is 37.1 Å². The van der Waals surface area contributed by atoms with Crippen molar-refractivity contribution >= 4 is 31.4 Å². The predicted molar refractivity (Wildman–Crippen MR) is 97.5 cm³/mol. The highest BCUT2D eigenvalue weighted by Crippen LogP contribution is 2.26. The van der Waals surface area contributed by atoms with E-state index in [9.17, 15) is 13.2 Å². The number of hydrogen-bond donors (Lipinski definition) is 1. The van der Waals surface area contributed by atoms with Crippen molar-refractivity contribution in [3.63, 3.8) is 0 Å². The summed E-state index contributed by atoms with van der Waals surface area (Å²) in [5, 5.41) is 0.439. The van der Waals surface area contributed by atoms with Gasteiger partial charge in [0.15, 0.2) is 0 Å². The Labute approximate surface area is 145 Å². The van der Waals surface area contributed by atoms with Crippen LogP contribution in [0.2, 0.25) is 0 Å². The van der Waals surface area contributed by atoms with Crippen LogP contribution >= 0.6 is 11.3 Å². The monoisotopic (exact) mass is 369 g/mol. The lowest BCUT2D eigenvalue weighted by atomic mass is 10.2. The minimum Gasteiger partial charge on any atom is -0.309 e. The Morgan fingerprint density at radius 3 is 2.75 bits per heavy atom. The number of hydrogen-bond acceptors (Lipinski definition) is 6. The maximum atomic E-state index is 12.3. The summed E-state index contributed by atoms with van der Waals surface area (Å²) in [5.74, 6) is 0.659. The number of nitrogens with one attached hydrogen (secondary N) is 1. The average molecular weight is 370 g/mol. The van der Waals surface area contributed by atoms with Gasteiger partial charge in [0.2, 0.25) is 0 Å². The zero-order valence-electron chi connectivity index (χ0n) is 14.3. The Kier molecular flexibility index (Phi) is 4.81. The third kappa shape index (κ3) is 3.55. The first kappa shape index (κ1) is 17.6. The van der Waals surface area contributed by atoms with Crippen LogP contribution in [-0.2, 0) is 16.4 Å². The van der Waals surface area contributed by atoms with Crippen LogP contribution in [0.4, 0.5) is 0 Å². The number of thiophene rings is 1. The van der Waals surface area contributed by atoms with Crippen molar-refractivity contribution in [1.29, 1.82) is 0 Å². The first-order valence-corrected chi connectivity index (χ1v) is 10.9. The molecule has 24 heavy (non-hydrogen) atoms. The molecule has 1 aliphatic rings. The van der Waals surface area contributed by atoms with Crippen molar-refractivity contribution < 1.29 is 8.42 Å². The zero-order chi connectivity index (χ0) is 17.5. The maximum Gasteiger partial charge on any atom is 0.259 e. The van der Waals surface area contributed by atoms with E-state index in [1.807, 2.05) is 13.8 Å². The molecule has 0 bridgehead atoms. The summed E-state index contributed by atoms with van der Waals surface area (Å²) in [5.41, 5.74) is 0.918. The van der Waals surface area contributed by atoms with E-state index in [4.69, 9.17) is 0 Å². The number of sulfone groups is 1. The van der Waals surface area contributed by atoms with Crippen molar-refractivity contribution in [3.05, 3.63) is 26.6 Å². The van der Waals surface area contributed by atoms with Gasteiger partial charge in [0.25, 0.3) is 5.56 Å². The molecule has 0 aromatic carbocycles. The molecule has 0 saturated carbocycles. The van der Waals surface area contributed by atoms with Gasteiger partial charge in [0.05, 0.1) is 17.2 Å². The molecule has 1 aliphatic heterocycles. The van der Waals surface area contributed by atoms with E-state index in [2.05, 4.69) is 14.9 Å². The van der Waals surface area contributed by atoms with Gasteiger partial charge in [-0.15, -0.1) is 11.3 Å². The molecule has 132 valence electrons. The topological polar surface area (TPSA) is 83.1 Å². The Morgan fingerprint density at radius 1 is 1.29 bits per heavy atom. The fraction of sp³-hybridized carbons (Fsp3) is 0.625. The molecule has 1 N–H and O–H groups in total. The average Bonchev–Trinajstić information content (AvgIpc) is 2.65. The van der Waals surface area contributed by atoms with Gasteiger partial charge in [-0.05, 0) is 51.8 Å². The van der Waals surface area contributed by atoms with Gasteiger partial charge < -0.3 is 4.98 Å². The van der Waals surface area contributed by atoms with Crippen LogP contribution in [0.5, 0.6) is 0 Å². The Hall–Kier alpha value is -1.25. The van der Waals surface area contributed by atoms with Gasteiger partial charge in [-0.25, -0.2) is 13.4 Å². The van der Waals surface area contributed by atoms with Crippen LogP contribution in [0.15, 0.2) is 4.79 Å². The quantitative estimate of drug-likeness (QED) is 0.895. The van der Waals surface area contributed by atoms with E-state index in [-0.39, 0.29) is 10.8 Å². The highest BCUT2D eigenvalue weighted by Gasteiger charge is 2.25. The minimum absolute atomic E-state index is 0.0827. The number of H-pyrrole nitrogens is 1. The second kappa shape index (κ2) is 6.57. The normalized spacial score (nSPS) is 20.4. The number of aryl methyl sites for hydroxylation is 2. The van der Waals surface area contributed by atoms with Gasteiger partial charge in [0, 0.05) is 11.1 Å². The van der Waals surface area contributed by atoms with Gasteiger partial charge in [0.1, 0.15) is 20.5 Å². The van der Waals surface area contributed by atoms with Gasteiger partial charge >= 0.3 is 0 Å². The molecule has 3 heterocycles. The van der Waals surface area contributed by atoms with Crippen LogP contribution in [0.25, 0.3) is 10.2 Å². The summed E-state index contributed by atoms with van der Waals surface area (Å²) in [7, 11) is -2.98. The molecule has 0 radical (unpaired) electrons. The van der Waals surface area contributed by atoms with Crippen molar-refractivity contribution in [2.45, 2.75) is 44.9 Å². The molecule has 8 heteroatoms. The number of likely N-dealkylation sites (tertiary alicyclic amines) is 1. The van der Waals surface area contributed by atoms with Crippen LogP contribution in [-0.4, -0.2) is 47.9 Å². The fourth-order valence-electron chi connectivity index (χ4n) is 3.30. The molecule has 3 rings (SSSR count). The van der Waals surface area contributed by atoms with Crippen molar-refractivity contribution in [2.75, 3.05) is 19.3 Å². The summed E-state index contributed by atoms with van der Waals surface area (Å²) in [4.78, 5) is 23.9. The Morgan fingerprint density at radius 2 is 2.04 bits per heavy atom. The second-order valence-corrected chi connectivity index (χ2v) is 10.2. The number of fused-ring (bicyclic) bond motifs is 1. The highest BCUT2D eigenvalue weighted by molar-refractivity contribution is 7.91. The second-order valence-electron chi connectivity index (χ2n) is 6.63. The molecule has 2 aromatic heterocycles. The number of nitrogens with zero attached hydrogens (tertiary/aromatic N) is 2. The van der Waals surface area contributed by atoms with Crippen molar-refractivity contribution in [1.82, 2.24) is 14.9 Å². The number of rotatable bonds is 3. The Bertz CT molecular complexity index is 915. The summed E-state index contributed by atoms with van der Waals surface area (Å²) >= 11 is 1.55. The molecule has 1 unspecified atom stereocenters. The van der Waals surface area contributed by atoms with Crippen LogP contribution in [0, 0.1) is 13.8 Å². The maximum absolute atomic E-state index is 12.3. The van der Waals surface area contributed by atoms with Crippen molar-refractivity contribution in [2.24, 2.45) is 0 Å². The summed E-state index contributed by atoms with van der Waals surface area (Å²) in [6.07, 6.45) is 3.52. The first-order chi connectivity index (χ1) is 11.3. The molecule has 1 atom stereocenters. The highest BCUT2D eigenvalue weighted by atomic mass is 32.2. The molecular weight excluding hydrogens is 346 g/mol. The third-order valence-corrected chi connectivity index (χ3v) is 7.62. The largest absolute Gasteiger partial charge is 0.309 e. The first-order valence-electron chi connectivity index (χ1n) is 8.16. The summed E-state index contributed by atoms with van der Waals surface area (Å²) in [6, 6.07) is 0. The zero-order valence-corrected chi connectivity index (χ0v) is 15.9. The minimum atomic E-state index is -2.98. The van der Waals surface area contributed by atoms with Gasteiger partial charge in [-0.3, -0.25) is 9.69 Å². The van der Waals surface area contributed by atoms with E-state index in [0.717, 1.165) is 28.2 Å². The van der Waals surface area contributed by atoms with Crippen molar-refractivity contribution in [3.8, 4) is 0 Å². The lowest BCUT2D eigenvalue weighted by Crippen LogP contribution is -2.28. The lowest BCUT2D eigenvalue weighted by molar-refractivity contribution is 0.270. The van der Waals surface area contributed by atoms with Gasteiger partial charge in [-0.1, -0.05) is 0 Å². The van der Waals surface area contributed by atoms with E-state index < -0.39 is 9.84 Å². The molecule has 0 aliphatic carbocycles. The fourth-order valence-corrected chi connectivity index (χ4v) is 5.47.